The van der Waals surface area contributed by atoms with Crippen LogP contribution >= 0.6 is 23.2 Å². The van der Waals surface area contributed by atoms with Crippen molar-refractivity contribution in [2.24, 2.45) is 0 Å². The van der Waals surface area contributed by atoms with Gasteiger partial charge in [0.05, 0.1) is 40.9 Å². The van der Waals surface area contributed by atoms with Gasteiger partial charge in [-0.1, -0.05) is 65.7 Å². The molecule has 0 radical (unpaired) electrons. The zero-order valence-electron chi connectivity index (χ0n) is 23.7. The first-order chi connectivity index (χ1) is 20.8. The van der Waals surface area contributed by atoms with Crippen LogP contribution in [0.2, 0.25) is 10.0 Å². The largest absolute Gasteiger partial charge is 0.497 e. The number of ether oxygens (including phenoxy) is 1. The number of carbonyl (C=O) groups excluding carboxylic acids is 1. The van der Waals surface area contributed by atoms with Crippen molar-refractivity contribution in [1.29, 1.82) is 0 Å². The van der Waals surface area contributed by atoms with Gasteiger partial charge in [0.15, 0.2) is 0 Å². The molecule has 0 spiro atoms. The topological polar surface area (TPSA) is 92.6 Å². The van der Waals surface area contributed by atoms with Crippen LogP contribution in [0.5, 0.6) is 5.75 Å². The highest BCUT2D eigenvalue weighted by atomic mass is 35.5. The van der Waals surface area contributed by atoms with Gasteiger partial charge in [0, 0.05) is 24.7 Å². The van der Waals surface area contributed by atoms with Crippen LogP contribution in [-0.4, -0.2) is 46.2 Å². The fourth-order valence-corrected chi connectivity index (χ4v) is 6.11. The molecule has 1 aliphatic heterocycles. The molecule has 218 valence electrons. The Bertz CT molecular complexity index is 1900. The average molecular weight is 616 g/mol. The van der Waals surface area contributed by atoms with Gasteiger partial charge < -0.3 is 19.9 Å². The molecule has 0 saturated heterocycles. The summed E-state index contributed by atoms with van der Waals surface area (Å²) >= 11 is 13.5. The minimum absolute atomic E-state index is 0.215. The molecule has 0 saturated carbocycles. The predicted octanol–water partition coefficient (Wildman–Crippen LogP) is 6.32. The summed E-state index contributed by atoms with van der Waals surface area (Å²) in [5, 5.41) is 4.94. The summed E-state index contributed by atoms with van der Waals surface area (Å²) in [4.78, 5) is 40.1. The number of hydrogen-bond acceptors (Lipinski definition) is 7. The van der Waals surface area contributed by atoms with Gasteiger partial charge in [-0.25, -0.2) is 9.97 Å². The molecule has 0 bridgehead atoms. The number of fused-ring (bicyclic) bond motifs is 2. The number of nitrogens with one attached hydrogen (secondary N) is 1. The first-order valence-electron chi connectivity index (χ1n) is 13.6. The zero-order chi connectivity index (χ0) is 30.2. The van der Waals surface area contributed by atoms with Gasteiger partial charge in [0.2, 0.25) is 0 Å². The van der Waals surface area contributed by atoms with Crippen molar-refractivity contribution in [2.75, 3.05) is 31.0 Å². The molecule has 11 heteroatoms. The van der Waals surface area contributed by atoms with Crippen molar-refractivity contribution < 1.29 is 9.53 Å². The van der Waals surface area contributed by atoms with Crippen LogP contribution in [0.15, 0.2) is 83.9 Å². The molecule has 2 aromatic heterocycles. The molecule has 0 unspecified atom stereocenters. The predicted molar refractivity (Wildman–Crippen MR) is 170 cm³/mol. The average Bonchev–Trinajstić information content (AvgIpc) is 3.02. The molecule has 43 heavy (non-hydrogen) atoms. The number of amides is 1. The van der Waals surface area contributed by atoms with Crippen LogP contribution in [0.1, 0.15) is 34.6 Å². The highest BCUT2D eigenvalue weighted by molar-refractivity contribution is 6.40. The summed E-state index contributed by atoms with van der Waals surface area (Å²) in [6.07, 6.45) is 1.43. The van der Waals surface area contributed by atoms with E-state index in [-0.39, 0.29) is 11.5 Å². The molecule has 1 aliphatic rings. The summed E-state index contributed by atoms with van der Waals surface area (Å²) in [7, 11) is 3.37. The molecular weight excluding hydrogens is 587 g/mol. The first-order valence-corrected chi connectivity index (χ1v) is 14.4. The number of pyridine rings is 1. The second-order valence-electron chi connectivity index (χ2n) is 10.3. The van der Waals surface area contributed by atoms with E-state index in [2.05, 4.69) is 15.3 Å². The number of methoxy groups -OCH3 is 1. The van der Waals surface area contributed by atoms with E-state index in [1.54, 1.807) is 41.8 Å². The minimum atomic E-state index is -0.558. The lowest BCUT2D eigenvalue weighted by Gasteiger charge is -2.36. The van der Waals surface area contributed by atoms with Crippen molar-refractivity contribution >= 4 is 51.5 Å². The van der Waals surface area contributed by atoms with Crippen molar-refractivity contribution in [3.63, 3.8) is 0 Å². The molecule has 1 amide bonds. The number of rotatable bonds is 7. The Hall–Kier alpha value is -4.60. The van der Waals surface area contributed by atoms with Crippen LogP contribution in [0, 0.1) is 0 Å². The fraction of sp³-hybridized carbons (Fsp3) is 0.188. The van der Waals surface area contributed by atoms with E-state index < -0.39 is 6.04 Å². The maximum absolute atomic E-state index is 14.0. The van der Waals surface area contributed by atoms with Crippen molar-refractivity contribution in [1.82, 2.24) is 19.4 Å². The number of halogens is 2. The SMILES string of the molecule is COc1ccc(CN2CN(C)C(=O)c3c(N[C@@H](C)c4c(Cl)c5cccc(Cl)c5c(=O)n4-c4ccccc4)ncnc32)cc1. The third-order valence-corrected chi connectivity index (χ3v) is 8.23. The molecule has 6 rings (SSSR count). The van der Waals surface area contributed by atoms with Gasteiger partial charge in [-0.2, -0.15) is 0 Å². The maximum Gasteiger partial charge on any atom is 0.264 e. The number of para-hydroxylation sites is 1. The number of nitrogens with zero attached hydrogens (tertiary/aromatic N) is 5. The molecule has 0 fully saturated rings. The Balaban J connectivity index is 1.44. The zero-order valence-corrected chi connectivity index (χ0v) is 25.2. The maximum atomic E-state index is 14.0. The van der Waals surface area contributed by atoms with Crippen LogP contribution in [0.3, 0.4) is 0 Å². The van der Waals surface area contributed by atoms with Crippen LogP contribution in [0.4, 0.5) is 11.6 Å². The second kappa shape index (κ2) is 11.6. The van der Waals surface area contributed by atoms with E-state index in [1.807, 2.05) is 66.4 Å². The lowest BCUT2D eigenvalue weighted by molar-refractivity contribution is 0.0781. The fourth-order valence-electron chi connectivity index (χ4n) is 5.45. The Morgan fingerprint density at radius 2 is 1.72 bits per heavy atom. The lowest BCUT2D eigenvalue weighted by atomic mass is 10.1. The monoisotopic (exact) mass is 614 g/mol. The van der Waals surface area contributed by atoms with Gasteiger partial charge in [-0.15, -0.1) is 0 Å². The van der Waals surface area contributed by atoms with E-state index in [9.17, 15) is 9.59 Å². The van der Waals surface area contributed by atoms with Crippen LogP contribution in [0.25, 0.3) is 16.5 Å². The third kappa shape index (κ3) is 5.15. The Kier molecular flexibility index (Phi) is 7.68. The molecule has 1 atom stereocenters. The Morgan fingerprint density at radius 3 is 2.44 bits per heavy atom. The van der Waals surface area contributed by atoms with Gasteiger partial charge in [-0.3, -0.25) is 14.2 Å². The minimum Gasteiger partial charge on any atom is -0.497 e. The van der Waals surface area contributed by atoms with Crippen molar-refractivity contribution in [3.8, 4) is 11.4 Å². The summed E-state index contributed by atoms with van der Waals surface area (Å²) in [5.74, 6) is 1.40. The summed E-state index contributed by atoms with van der Waals surface area (Å²) < 4.78 is 6.85. The van der Waals surface area contributed by atoms with E-state index >= 15 is 0 Å². The lowest BCUT2D eigenvalue weighted by Crippen LogP contribution is -2.45. The van der Waals surface area contributed by atoms with Crippen molar-refractivity contribution in [2.45, 2.75) is 19.5 Å². The number of anilines is 2. The highest BCUT2D eigenvalue weighted by Crippen LogP contribution is 2.37. The number of carbonyl (C=O) groups is 1. The van der Waals surface area contributed by atoms with Crippen molar-refractivity contribution in [3.05, 3.63) is 116 Å². The van der Waals surface area contributed by atoms with Gasteiger partial charge >= 0.3 is 0 Å². The number of hydrogen-bond donors (Lipinski definition) is 1. The Labute approximate surface area is 258 Å². The van der Waals surface area contributed by atoms with Gasteiger partial charge in [0.1, 0.15) is 29.3 Å². The highest BCUT2D eigenvalue weighted by Gasteiger charge is 2.33. The number of aromatic nitrogens is 3. The van der Waals surface area contributed by atoms with Gasteiger partial charge in [0.25, 0.3) is 11.5 Å². The molecular formula is C32H28Cl2N6O3. The second-order valence-corrected chi connectivity index (χ2v) is 11.1. The molecule has 3 aromatic carbocycles. The molecule has 1 N–H and O–H groups in total. The smallest absolute Gasteiger partial charge is 0.264 e. The van der Waals surface area contributed by atoms with E-state index in [4.69, 9.17) is 27.9 Å². The van der Waals surface area contributed by atoms with Gasteiger partial charge in [-0.05, 0) is 42.8 Å². The molecule has 9 nitrogen and oxygen atoms in total. The number of benzene rings is 3. The summed E-state index contributed by atoms with van der Waals surface area (Å²) in [5.41, 5.74) is 2.21. The summed E-state index contributed by atoms with van der Waals surface area (Å²) in [6, 6.07) is 21.6. The Morgan fingerprint density at radius 1 is 0.977 bits per heavy atom. The van der Waals surface area contributed by atoms with Crippen LogP contribution in [-0.2, 0) is 6.54 Å². The third-order valence-electron chi connectivity index (χ3n) is 7.51. The van der Waals surface area contributed by atoms with E-state index in [0.717, 1.165) is 11.3 Å². The molecule has 3 heterocycles. The standard InChI is InChI=1S/C32H28Cl2N6O3/c1-19(28-27(34)23-10-7-11-24(33)25(23)32(42)40(28)21-8-5-4-6-9-21)37-29-26-30(36-17-35-29)39(18-38(2)31(26)41)16-20-12-14-22(43-3)15-13-20/h4-15,17,19H,16,18H2,1-3H3,(H,35,36,37)/t19-/m0/s1. The first kappa shape index (κ1) is 28.5. The molecule has 5 aromatic rings. The van der Waals surface area contributed by atoms with E-state index in [0.29, 0.717) is 62.6 Å². The quantitative estimate of drug-likeness (QED) is 0.229. The normalized spacial score (nSPS) is 13.7. The summed E-state index contributed by atoms with van der Waals surface area (Å²) in [6.45, 7) is 2.75. The van der Waals surface area contributed by atoms with Crippen LogP contribution < -0.4 is 20.5 Å². The molecule has 0 aliphatic carbocycles. The van der Waals surface area contributed by atoms with E-state index in [1.165, 1.54) is 6.33 Å².